The van der Waals surface area contributed by atoms with Crippen LogP contribution in [0.4, 0.5) is 0 Å². The van der Waals surface area contributed by atoms with Crippen molar-refractivity contribution in [2.45, 2.75) is 13.0 Å². The molecule has 0 saturated carbocycles. The van der Waals surface area contributed by atoms with Crippen LogP contribution in [0.3, 0.4) is 0 Å². The van der Waals surface area contributed by atoms with E-state index in [9.17, 15) is 0 Å². The Morgan fingerprint density at radius 2 is 1.86 bits per heavy atom. The first kappa shape index (κ1) is 16.6. The van der Waals surface area contributed by atoms with Gasteiger partial charge in [0.05, 0.1) is 17.6 Å². The second-order valence-corrected chi connectivity index (χ2v) is 6.45. The molecule has 2 aromatic rings. The number of ether oxygens (including phenoxy) is 1. The van der Waals surface area contributed by atoms with Gasteiger partial charge in [-0.2, -0.15) is 0 Å². The zero-order chi connectivity index (χ0) is 15.6. The lowest BCUT2D eigenvalue weighted by Crippen LogP contribution is -2.19. The minimum Gasteiger partial charge on any atom is -0.495 e. The van der Waals surface area contributed by atoms with Gasteiger partial charge in [-0.1, -0.05) is 35.3 Å². The molecule has 5 heteroatoms. The molecule has 0 spiro atoms. The summed E-state index contributed by atoms with van der Waals surface area (Å²) in [4.78, 5) is 0. The summed E-state index contributed by atoms with van der Waals surface area (Å²) in [5, 5.41) is 4.64. The fraction of sp³-hybridized carbons (Fsp3) is 0.250. The van der Waals surface area contributed by atoms with E-state index in [1.54, 1.807) is 7.11 Å². The predicted octanol–water partition coefficient (Wildman–Crippen LogP) is 5.38. The van der Waals surface area contributed by atoms with Gasteiger partial charge < -0.3 is 10.1 Å². The molecule has 0 heterocycles. The van der Waals surface area contributed by atoms with E-state index in [1.807, 2.05) is 44.3 Å². The molecule has 1 unspecified atom stereocenters. The Bertz CT molecular complexity index is 661. The zero-order valence-electron chi connectivity index (χ0n) is 12.0. The van der Waals surface area contributed by atoms with Gasteiger partial charge >= 0.3 is 0 Å². The zero-order valence-corrected chi connectivity index (χ0v) is 15.1. The Labute approximate surface area is 143 Å². The molecule has 0 aromatic heterocycles. The summed E-state index contributed by atoms with van der Waals surface area (Å²) in [5.41, 5.74) is 3.04. The first-order chi connectivity index (χ1) is 9.97. The Morgan fingerprint density at radius 3 is 2.43 bits per heavy atom. The molecular formula is C16H16BrCl2NO. The molecule has 0 fully saturated rings. The summed E-state index contributed by atoms with van der Waals surface area (Å²) in [6, 6.07) is 9.61. The number of aryl methyl sites for hydroxylation is 1. The van der Waals surface area contributed by atoms with Gasteiger partial charge in [-0.15, -0.1) is 0 Å². The normalized spacial score (nSPS) is 12.3. The maximum atomic E-state index is 6.40. The van der Waals surface area contributed by atoms with Crippen molar-refractivity contribution < 1.29 is 4.74 Å². The van der Waals surface area contributed by atoms with E-state index in [0.29, 0.717) is 10.0 Å². The van der Waals surface area contributed by atoms with Crippen molar-refractivity contribution in [3.05, 3.63) is 61.5 Å². The summed E-state index contributed by atoms with van der Waals surface area (Å²) >= 11 is 16.1. The lowest BCUT2D eigenvalue weighted by Gasteiger charge is -2.22. The van der Waals surface area contributed by atoms with Crippen LogP contribution in [0.25, 0.3) is 0 Å². The Balaban J connectivity index is 2.61. The molecule has 2 nitrogen and oxygen atoms in total. The molecule has 0 bridgehead atoms. The molecule has 0 aliphatic rings. The van der Waals surface area contributed by atoms with Gasteiger partial charge in [-0.3, -0.25) is 0 Å². The van der Waals surface area contributed by atoms with Gasteiger partial charge in [-0.25, -0.2) is 0 Å². The van der Waals surface area contributed by atoms with E-state index in [4.69, 9.17) is 27.9 Å². The van der Waals surface area contributed by atoms with Crippen LogP contribution in [0.5, 0.6) is 5.75 Å². The second kappa shape index (κ2) is 7.01. The minimum absolute atomic E-state index is 0.108. The SMILES string of the molecule is CNC(c1ccc(C)cc1Cl)c1cc(Cl)cc(Br)c1OC. The second-order valence-electron chi connectivity index (χ2n) is 4.76. The lowest BCUT2D eigenvalue weighted by atomic mass is 9.97. The highest BCUT2D eigenvalue weighted by molar-refractivity contribution is 9.10. The Hall–Kier alpha value is -0.740. The van der Waals surface area contributed by atoms with E-state index in [2.05, 4.69) is 21.2 Å². The van der Waals surface area contributed by atoms with Crippen LogP contribution in [0.15, 0.2) is 34.8 Å². The van der Waals surface area contributed by atoms with Crippen molar-refractivity contribution in [3.63, 3.8) is 0 Å². The molecule has 0 saturated heterocycles. The van der Waals surface area contributed by atoms with Gasteiger partial charge in [-0.05, 0) is 59.2 Å². The maximum Gasteiger partial charge on any atom is 0.138 e. The highest BCUT2D eigenvalue weighted by atomic mass is 79.9. The van der Waals surface area contributed by atoms with E-state index in [-0.39, 0.29) is 6.04 Å². The van der Waals surface area contributed by atoms with Gasteiger partial charge in [0.1, 0.15) is 5.75 Å². The Kier molecular flexibility index (Phi) is 5.55. The van der Waals surface area contributed by atoms with Crippen molar-refractivity contribution in [1.29, 1.82) is 0 Å². The van der Waals surface area contributed by atoms with Crippen molar-refractivity contribution in [2.24, 2.45) is 0 Å². The monoisotopic (exact) mass is 387 g/mol. The molecular weight excluding hydrogens is 373 g/mol. The molecule has 2 aromatic carbocycles. The van der Waals surface area contributed by atoms with Gasteiger partial charge in [0.2, 0.25) is 0 Å². The van der Waals surface area contributed by atoms with Crippen LogP contribution in [0, 0.1) is 6.92 Å². The molecule has 0 amide bonds. The van der Waals surface area contributed by atoms with Gasteiger partial charge in [0.15, 0.2) is 0 Å². The highest BCUT2D eigenvalue weighted by Gasteiger charge is 2.21. The molecule has 2 rings (SSSR count). The number of rotatable bonds is 4. The number of methoxy groups -OCH3 is 1. The highest BCUT2D eigenvalue weighted by Crippen LogP contribution is 2.39. The molecule has 0 aliphatic heterocycles. The molecule has 0 radical (unpaired) electrons. The molecule has 112 valence electrons. The molecule has 21 heavy (non-hydrogen) atoms. The largest absolute Gasteiger partial charge is 0.495 e. The fourth-order valence-electron chi connectivity index (χ4n) is 2.35. The minimum atomic E-state index is -0.108. The standard InChI is InChI=1S/C16H16BrCl2NO/c1-9-4-5-11(14(19)6-9)15(20-2)12-7-10(18)8-13(17)16(12)21-3/h4-8,15,20H,1-3H3. The number of hydrogen-bond donors (Lipinski definition) is 1. The van der Waals surface area contributed by atoms with E-state index < -0.39 is 0 Å². The van der Waals surface area contributed by atoms with E-state index in [0.717, 1.165) is 26.9 Å². The summed E-state index contributed by atoms with van der Waals surface area (Å²) in [5.74, 6) is 0.746. The fourth-order valence-corrected chi connectivity index (χ4v) is 3.69. The lowest BCUT2D eigenvalue weighted by molar-refractivity contribution is 0.403. The average Bonchev–Trinajstić information content (AvgIpc) is 2.41. The van der Waals surface area contributed by atoms with Crippen LogP contribution < -0.4 is 10.1 Å². The van der Waals surface area contributed by atoms with Crippen molar-refractivity contribution >= 4 is 39.1 Å². The topological polar surface area (TPSA) is 21.3 Å². The van der Waals surface area contributed by atoms with E-state index >= 15 is 0 Å². The van der Waals surface area contributed by atoms with Crippen LogP contribution in [-0.4, -0.2) is 14.2 Å². The third-order valence-electron chi connectivity index (χ3n) is 3.31. The number of nitrogens with one attached hydrogen (secondary N) is 1. The van der Waals surface area contributed by atoms with Gasteiger partial charge in [0, 0.05) is 15.6 Å². The average molecular weight is 389 g/mol. The third-order valence-corrected chi connectivity index (χ3v) is 4.44. The summed E-state index contributed by atoms with van der Waals surface area (Å²) in [6.45, 7) is 2.01. The quantitative estimate of drug-likeness (QED) is 0.758. The summed E-state index contributed by atoms with van der Waals surface area (Å²) in [6.07, 6.45) is 0. The Morgan fingerprint density at radius 1 is 1.14 bits per heavy atom. The smallest absolute Gasteiger partial charge is 0.138 e. The van der Waals surface area contributed by atoms with Crippen LogP contribution in [-0.2, 0) is 0 Å². The van der Waals surface area contributed by atoms with E-state index in [1.165, 1.54) is 0 Å². The predicted molar refractivity (Wildman–Crippen MR) is 92.8 cm³/mol. The molecule has 1 N–H and O–H groups in total. The number of halogens is 3. The van der Waals surface area contributed by atoms with Crippen LogP contribution in [0.2, 0.25) is 10.0 Å². The molecule has 1 atom stereocenters. The van der Waals surface area contributed by atoms with Crippen LogP contribution in [0.1, 0.15) is 22.7 Å². The van der Waals surface area contributed by atoms with Crippen molar-refractivity contribution in [1.82, 2.24) is 5.32 Å². The third kappa shape index (κ3) is 3.54. The maximum absolute atomic E-state index is 6.40. The first-order valence-electron chi connectivity index (χ1n) is 6.44. The van der Waals surface area contributed by atoms with Crippen molar-refractivity contribution in [3.8, 4) is 5.75 Å². The molecule has 0 aliphatic carbocycles. The van der Waals surface area contributed by atoms with Crippen LogP contribution >= 0.6 is 39.1 Å². The number of benzene rings is 2. The summed E-state index contributed by atoms with van der Waals surface area (Å²) in [7, 11) is 3.52. The first-order valence-corrected chi connectivity index (χ1v) is 7.99. The van der Waals surface area contributed by atoms with Crippen molar-refractivity contribution in [2.75, 3.05) is 14.2 Å². The summed E-state index contributed by atoms with van der Waals surface area (Å²) < 4.78 is 6.33. The van der Waals surface area contributed by atoms with Gasteiger partial charge in [0.25, 0.3) is 0 Å². The number of hydrogen-bond acceptors (Lipinski definition) is 2.